The van der Waals surface area contributed by atoms with Crippen molar-refractivity contribution < 1.29 is 26.0 Å². The minimum atomic E-state index is -3.89. The summed E-state index contributed by atoms with van der Waals surface area (Å²) < 4.78 is 57.2. The summed E-state index contributed by atoms with van der Waals surface area (Å²) in [6.45, 7) is 1.77. The molecule has 1 aliphatic rings. The first-order valence-corrected chi connectivity index (χ1v) is 14.7. The number of aromatic nitrogens is 2. The highest BCUT2D eigenvalue weighted by molar-refractivity contribution is 7.91. The van der Waals surface area contributed by atoms with Crippen LogP contribution in [0.15, 0.2) is 49.9 Å². The number of rotatable bonds is 7. The van der Waals surface area contributed by atoms with Crippen molar-refractivity contribution >= 4 is 54.7 Å². The van der Waals surface area contributed by atoms with Gasteiger partial charge in [0, 0.05) is 12.1 Å². The van der Waals surface area contributed by atoms with Crippen LogP contribution in [0, 0.1) is 0 Å². The molecule has 3 heterocycles. The quantitative estimate of drug-likeness (QED) is 0.477. The number of thiophene rings is 1. The molecule has 1 atom stereocenters. The predicted molar refractivity (Wildman–Crippen MR) is 127 cm³/mol. The Hall–Kier alpha value is -2.32. The topological polar surface area (TPSA) is 140 Å². The Morgan fingerprint density at radius 1 is 1.15 bits per heavy atom. The van der Waals surface area contributed by atoms with Gasteiger partial charge < -0.3 is 4.42 Å². The van der Waals surface area contributed by atoms with Crippen LogP contribution in [0.3, 0.4) is 0 Å². The Morgan fingerprint density at radius 3 is 2.53 bits per heavy atom. The lowest BCUT2D eigenvalue weighted by Crippen LogP contribution is -2.49. The van der Waals surface area contributed by atoms with Gasteiger partial charge in [0.05, 0.1) is 15.0 Å². The van der Waals surface area contributed by atoms with Gasteiger partial charge in [0.2, 0.25) is 11.8 Å². The molecule has 0 saturated carbocycles. The zero-order valence-electron chi connectivity index (χ0n) is 18.0. The molecule has 1 N–H and O–H groups in total. The third kappa shape index (κ3) is 5.03. The number of sulfone groups is 1. The normalized spacial score (nSPS) is 17.5. The fourth-order valence-electron chi connectivity index (χ4n) is 3.56. The molecule has 0 bridgehead atoms. The van der Waals surface area contributed by atoms with Gasteiger partial charge in [0.15, 0.2) is 9.84 Å². The summed E-state index contributed by atoms with van der Waals surface area (Å²) in [5, 5.41) is 10.2. The number of carbonyl (C=O) groups is 1. The minimum absolute atomic E-state index is 0.0173. The molecule has 1 unspecified atom stereocenters. The minimum Gasteiger partial charge on any atom is -0.403 e. The molecule has 34 heavy (non-hydrogen) atoms. The molecule has 14 heteroatoms. The van der Waals surface area contributed by atoms with E-state index in [0.717, 1.165) is 11.3 Å². The van der Waals surface area contributed by atoms with Crippen molar-refractivity contribution in [2.75, 3.05) is 17.6 Å². The van der Waals surface area contributed by atoms with E-state index in [4.69, 9.17) is 16.0 Å². The maximum Gasteiger partial charge on any atom is 0.322 e. The number of sulfonamides is 1. The first-order valence-electron chi connectivity index (χ1n) is 10.4. The summed E-state index contributed by atoms with van der Waals surface area (Å²) in [4.78, 5) is 13.1. The molecule has 0 aliphatic carbocycles. The van der Waals surface area contributed by atoms with Crippen LogP contribution in [0.25, 0.3) is 11.5 Å². The van der Waals surface area contributed by atoms with Gasteiger partial charge in [-0.15, -0.1) is 16.4 Å². The Balaban J connectivity index is 1.50. The van der Waals surface area contributed by atoms with Gasteiger partial charge in [0.25, 0.3) is 10.0 Å². The van der Waals surface area contributed by atoms with E-state index in [2.05, 4.69) is 15.5 Å². The Bertz CT molecular complexity index is 1400. The molecule has 0 radical (unpaired) electrons. The van der Waals surface area contributed by atoms with Gasteiger partial charge >= 0.3 is 6.01 Å². The van der Waals surface area contributed by atoms with Crippen molar-refractivity contribution in [2.45, 2.75) is 41.3 Å². The fraction of sp³-hybridized carbons (Fsp3) is 0.350. The van der Waals surface area contributed by atoms with Crippen LogP contribution in [-0.2, 0) is 24.7 Å². The van der Waals surface area contributed by atoms with E-state index >= 15 is 0 Å². The maximum atomic E-state index is 13.1. The average Bonchev–Trinajstić information content (AvgIpc) is 3.48. The van der Waals surface area contributed by atoms with E-state index in [9.17, 15) is 21.6 Å². The van der Waals surface area contributed by atoms with E-state index in [1.54, 1.807) is 6.92 Å². The van der Waals surface area contributed by atoms with E-state index in [-0.39, 0.29) is 33.3 Å². The molecule has 1 aliphatic heterocycles. The first kappa shape index (κ1) is 24.8. The lowest BCUT2D eigenvalue weighted by atomic mass is 10.0. The SMILES string of the molecule is CCS(=O)(=O)c1ccc(-c2nnc(NC(=O)C3CCCCN3S(=O)(=O)c3ccc(Cl)s3)o2)cc1. The van der Waals surface area contributed by atoms with Crippen LogP contribution < -0.4 is 5.32 Å². The first-order chi connectivity index (χ1) is 16.1. The largest absolute Gasteiger partial charge is 0.403 e. The number of anilines is 1. The molecule has 10 nitrogen and oxygen atoms in total. The Kier molecular flexibility index (Phi) is 7.10. The highest BCUT2D eigenvalue weighted by Gasteiger charge is 2.38. The van der Waals surface area contributed by atoms with E-state index in [1.807, 2.05) is 0 Å². The molecule has 1 fully saturated rings. The highest BCUT2D eigenvalue weighted by atomic mass is 35.5. The van der Waals surface area contributed by atoms with Crippen LogP contribution in [0.2, 0.25) is 4.34 Å². The van der Waals surface area contributed by atoms with E-state index in [1.165, 1.54) is 40.7 Å². The molecule has 4 rings (SSSR count). The second-order valence-electron chi connectivity index (χ2n) is 7.52. The van der Waals surface area contributed by atoms with Gasteiger partial charge in [0.1, 0.15) is 10.3 Å². The van der Waals surface area contributed by atoms with Gasteiger partial charge in [-0.1, -0.05) is 30.0 Å². The van der Waals surface area contributed by atoms with Gasteiger partial charge in [-0.2, -0.15) is 4.31 Å². The van der Waals surface area contributed by atoms with Crippen LogP contribution >= 0.6 is 22.9 Å². The number of nitrogens with zero attached hydrogens (tertiary/aromatic N) is 3. The van der Waals surface area contributed by atoms with Crippen molar-refractivity contribution in [2.24, 2.45) is 0 Å². The van der Waals surface area contributed by atoms with E-state index < -0.39 is 31.8 Å². The van der Waals surface area contributed by atoms with Crippen molar-refractivity contribution in [3.05, 3.63) is 40.7 Å². The number of hydrogen-bond donors (Lipinski definition) is 1. The number of benzene rings is 1. The summed E-state index contributed by atoms with van der Waals surface area (Å²) in [6, 6.07) is 7.75. The molecular weight excluding hydrogens is 524 g/mol. The Morgan fingerprint density at radius 2 is 1.88 bits per heavy atom. The summed E-state index contributed by atoms with van der Waals surface area (Å²) in [5.74, 6) is -0.515. The summed E-state index contributed by atoms with van der Waals surface area (Å²) in [7, 11) is -7.23. The van der Waals surface area contributed by atoms with Gasteiger partial charge in [-0.3, -0.25) is 10.1 Å². The predicted octanol–water partition coefficient (Wildman–Crippen LogP) is 3.43. The van der Waals surface area contributed by atoms with Crippen LogP contribution in [0.1, 0.15) is 26.2 Å². The number of nitrogens with one attached hydrogen (secondary N) is 1. The lowest BCUT2D eigenvalue weighted by molar-refractivity contribution is -0.120. The van der Waals surface area contributed by atoms with Crippen molar-refractivity contribution in [1.82, 2.24) is 14.5 Å². The standard InChI is InChI=1S/C20H21ClN4O6S3/c1-2-33(27,28)14-8-6-13(7-9-14)19-23-24-20(31-19)22-18(26)15-5-3-4-12-25(15)34(29,30)17-11-10-16(21)32-17/h6-11,15H,2-5,12H2,1H3,(H,22,24,26). The van der Waals surface area contributed by atoms with Crippen LogP contribution in [-0.4, -0.2) is 55.6 Å². The second-order valence-corrected chi connectivity index (χ2v) is 13.6. The van der Waals surface area contributed by atoms with Crippen LogP contribution in [0.5, 0.6) is 0 Å². The smallest absolute Gasteiger partial charge is 0.322 e. The third-order valence-electron chi connectivity index (χ3n) is 5.36. The fourth-order valence-corrected chi connectivity index (χ4v) is 7.71. The molecule has 2 aromatic heterocycles. The molecule has 1 aromatic carbocycles. The molecule has 0 spiro atoms. The Labute approximate surface area is 205 Å². The molecule has 3 aromatic rings. The number of carbonyl (C=O) groups excluding carboxylic acids is 1. The summed E-state index contributed by atoms with van der Waals surface area (Å²) in [6.07, 6.45) is 1.67. The maximum absolute atomic E-state index is 13.1. The molecular formula is C20H21ClN4O6S3. The number of amides is 1. The van der Waals surface area contributed by atoms with Crippen molar-refractivity contribution in [3.8, 4) is 11.5 Å². The van der Waals surface area contributed by atoms with Gasteiger partial charge in [-0.05, 0) is 49.2 Å². The van der Waals surface area contributed by atoms with Crippen molar-refractivity contribution in [1.29, 1.82) is 0 Å². The number of piperidine rings is 1. The van der Waals surface area contributed by atoms with Crippen LogP contribution in [0.4, 0.5) is 6.01 Å². The average molecular weight is 545 g/mol. The summed E-state index contributed by atoms with van der Waals surface area (Å²) in [5.41, 5.74) is 0.472. The second kappa shape index (κ2) is 9.74. The van der Waals surface area contributed by atoms with Crippen molar-refractivity contribution in [3.63, 3.8) is 0 Å². The number of halogens is 1. The van der Waals surface area contributed by atoms with E-state index in [0.29, 0.717) is 29.2 Å². The third-order valence-corrected chi connectivity index (χ3v) is 10.7. The monoisotopic (exact) mass is 544 g/mol. The zero-order chi connectivity index (χ0) is 24.5. The van der Waals surface area contributed by atoms with Gasteiger partial charge in [-0.25, -0.2) is 16.8 Å². The highest BCUT2D eigenvalue weighted by Crippen LogP contribution is 2.32. The molecule has 182 valence electrons. The lowest BCUT2D eigenvalue weighted by Gasteiger charge is -2.32. The summed E-state index contributed by atoms with van der Waals surface area (Å²) >= 11 is 6.84. The molecule has 1 saturated heterocycles. The zero-order valence-corrected chi connectivity index (χ0v) is 21.2. The molecule has 1 amide bonds. The number of hydrogen-bond acceptors (Lipinski definition) is 9.